The lowest BCUT2D eigenvalue weighted by atomic mass is 10.00. The first-order chi connectivity index (χ1) is 9.31. The lowest BCUT2D eigenvalue weighted by molar-refractivity contribution is 0.914. The van der Waals surface area contributed by atoms with Gasteiger partial charge in [-0.1, -0.05) is 23.4 Å². The molecular weight excluding hydrogens is 242 g/mol. The average Bonchev–Trinajstić information content (AvgIpc) is 2.88. The number of fused-ring (bicyclic) bond motifs is 1. The average molecular weight is 253 g/mol. The molecule has 2 heterocycles. The highest BCUT2D eigenvalue weighted by atomic mass is 16.3. The van der Waals surface area contributed by atoms with Crippen LogP contribution in [0.1, 0.15) is 5.69 Å². The summed E-state index contributed by atoms with van der Waals surface area (Å²) in [5, 5.41) is 11.9. The Morgan fingerprint density at radius 2 is 2.05 bits per heavy atom. The van der Waals surface area contributed by atoms with E-state index in [0.717, 1.165) is 16.5 Å². The number of anilines is 1. The van der Waals surface area contributed by atoms with Crippen LogP contribution < -0.4 is 5.73 Å². The molecule has 2 aromatic heterocycles. The highest BCUT2D eigenvalue weighted by Gasteiger charge is 2.15. The number of nitrogens with one attached hydrogen (secondary N) is 1. The third kappa shape index (κ3) is 1.83. The minimum absolute atomic E-state index is 0.0300. The maximum Gasteiger partial charge on any atom is 0.160 e. The molecule has 0 aliphatic carbocycles. The van der Waals surface area contributed by atoms with Crippen molar-refractivity contribution in [3.05, 3.63) is 47.1 Å². The van der Waals surface area contributed by atoms with Crippen LogP contribution in [-0.2, 0) is 6.54 Å². The first-order valence-corrected chi connectivity index (χ1v) is 5.78. The highest BCUT2D eigenvalue weighted by Crippen LogP contribution is 2.33. The van der Waals surface area contributed by atoms with Gasteiger partial charge in [0.15, 0.2) is 5.65 Å². The molecule has 6 heteroatoms. The van der Waals surface area contributed by atoms with E-state index in [1.54, 1.807) is 6.20 Å². The van der Waals surface area contributed by atoms with Gasteiger partial charge in [-0.15, -0.1) is 5.10 Å². The Balaban J connectivity index is 2.36. The van der Waals surface area contributed by atoms with Crippen LogP contribution >= 0.6 is 0 Å². The van der Waals surface area contributed by atoms with Crippen LogP contribution in [0.2, 0.25) is 0 Å². The number of nitrogen functional groups attached to an aromatic ring is 1. The second-order valence-corrected chi connectivity index (χ2v) is 4.14. The van der Waals surface area contributed by atoms with E-state index in [2.05, 4.69) is 20.4 Å². The summed E-state index contributed by atoms with van der Waals surface area (Å²) in [6.07, 6.45) is 1.78. The number of hydrogen-bond acceptors (Lipinski definition) is 5. The third-order valence-electron chi connectivity index (χ3n) is 3.00. The topological polar surface area (TPSA) is 97.0 Å². The number of rotatable bonds is 3. The number of para-hydroxylation sites is 1. The molecule has 0 radical (unpaired) electrons. The first kappa shape index (κ1) is 11.3. The molecule has 0 saturated heterocycles. The standard InChI is InChI=1S/C13H11N5O/c14-10-4-2-1-3-8(10)12-9-5-6-15-13(9)18-17-11(12)7-16-19/h1-6H,7,14H2,(H,15,18). The molecule has 3 N–H and O–H groups in total. The number of aromatic nitrogens is 3. The van der Waals surface area contributed by atoms with Gasteiger partial charge in [0, 0.05) is 28.4 Å². The van der Waals surface area contributed by atoms with Gasteiger partial charge in [0.05, 0.1) is 5.69 Å². The van der Waals surface area contributed by atoms with Crippen molar-refractivity contribution in [2.45, 2.75) is 6.54 Å². The fourth-order valence-electron chi connectivity index (χ4n) is 2.16. The Bertz CT molecular complexity index is 750. The van der Waals surface area contributed by atoms with E-state index in [-0.39, 0.29) is 6.54 Å². The maximum atomic E-state index is 10.6. The van der Waals surface area contributed by atoms with Crippen LogP contribution in [0.15, 0.2) is 41.7 Å². The fraction of sp³-hybridized carbons (Fsp3) is 0.0769. The van der Waals surface area contributed by atoms with Crippen LogP contribution in [0, 0.1) is 4.91 Å². The SMILES string of the molecule is Nc1ccccc1-c1c(CN=O)nnc2[nH]ccc12. The van der Waals surface area contributed by atoms with Gasteiger partial charge >= 0.3 is 0 Å². The molecule has 0 unspecified atom stereocenters. The van der Waals surface area contributed by atoms with E-state index in [4.69, 9.17) is 5.73 Å². The lowest BCUT2D eigenvalue weighted by Crippen LogP contribution is -1.99. The highest BCUT2D eigenvalue weighted by molar-refractivity contribution is 5.97. The largest absolute Gasteiger partial charge is 0.398 e. The molecular formula is C13H11N5O. The first-order valence-electron chi connectivity index (χ1n) is 5.78. The van der Waals surface area contributed by atoms with Gasteiger partial charge in [0.1, 0.15) is 6.54 Å². The Kier molecular flexibility index (Phi) is 2.68. The van der Waals surface area contributed by atoms with E-state index in [1.165, 1.54) is 0 Å². The molecule has 0 fully saturated rings. The third-order valence-corrected chi connectivity index (χ3v) is 3.00. The summed E-state index contributed by atoms with van der Waals surface area (Å²) >= 11 is 0. The van der Waals surface area contributed by atoms with Gasteiger partial charge in [-0.3, -0.25) is 0 Å². The van der Waals surface area contributed by atoms with E-state index in [1.807, 2.05) is 30.3 Å². The number of nitrogens with two attached hydrogens (primary N) is 1. The summed E-state index contributed by atoms with van der Waals surface area (Å²) in [6, 6.07) is 9.35. The molecule has 6 nitrogen and oxygen atoms in total. The molecule has 3 aromatic rings. The molecule has 0 amide bonds. The van der Waals surface area contributed by atoms with E-state index in [0.29, 0.717) is 17.0 Å². The molecule has 0 bridgehead atoms. The van der Waals surface area contributed by atoms with Crippen LogP contribution in [-0.4, -0.2) is 15.2 Å². The van der Waals surface area contributed by atoms with Gasteiger partial charge in [-0.05, 0) is 12.1 Å². The molecule has 3 rings (SSSR count). The molecule has 19 heavy (non-hydrogen) atoms. The molecule has 0 atom stereocenters. The lowest BCUT2D eigenvalue weighted by Gasteiger charge is -2.09. The zero-order valence-corrected chi connectivity index (χ0v) is 10.00. The van der Waals surface area contributed by atoms with Crippen LogP contribution in [0.5, 0.6) is 0 Å². The number of nitroso groups, excluding NO2 is 1. The monoisotopic (exact) mass is 253 g/mol. The van der Waals surface area contributed by atoms with Gasteiger partial charge in [-0.25, -0.2) is 0 Å². The minimum Gasteiger partial charge on any atom is -0.398 e. The van der Waals surface area contributed by atoms with Crippen LogP contribution in [0.3, 0.4) is 0 Å². The molecule has 0 aliphatic rings. The number of aromatic amines is 1. The summed E-state index contributed by atoms with van der Waals surface area (Å²) in [5.74, 6) is 0. The minimum atomic E-state index is -0.0300. The van der Waals surface area contributed by atoms with Crippen molar-refractivity contribution in [3.8, 4) is 11.1 Å². The van der Waals surface area contributed by atoms with Crippen molar-refractivity contribution in [3.63, 3.8) is 0 Å². The van der Waals surface area contributed by atoms with Gasteiger partial charge in [0.25, 0.3) is 0 Å². The van der Waals surface area contributed by atoms with Crippen molar-refractivity contribution in [2.24, 2.45) is 5.18 Å². The molecule has 0 spiro atoms. The fourth-order valence-corrected chi connectivity index (χ4v) is 2.16. The summed E-state index contributed by atoms with van der Waals surface area (Å²) in [5.41, 5.74) is 9.47. The van der Waals surface area contributed by atoms with Crippen molar-refractivity contribution in [1.29, 1.82) is 0 Å². The Hall–Kier alpha value is -2.76. The number of nitrogens with zero attached hydrogens (tertiary/aromatic N) is 3. The van der Waals surface area contributed by atoms with Gasteiger partial charge < -0.3 is 10.7 Å². The zero-order chi connectivity index (χ0) is 13.2. The van der Waals surface area contributed by atoms with Gasteiger partial charge in [0.2, 0.25) is 0 Å². The summed E-state index contributed by atoms with van der Waals surface area (Å²) in [4.78, 5) is 13.6. The quantitative estimate of drug-likeness (QED) is 0.553. The maximum absolute atomic E-state index is 10.6. The van der Waals surface area contributed by atoms with Crippen LogP contribution in [0.4, 0.5) is 5.69 Å². The predicted molar refractivity (Wildman–Crippen MR) is 73.2 cm³/mol. The second-order valence-electron chi connectivity index (χ2n) is 4.14. The summed E-state index contributed by atoms with van der Waals surface area (Å²) < 4.78 is 0. The van der Waals surface area contributed by atoms with Gasteiger partial charge in [-0.2, -0.15) is 10.0 Å². The van der Waals surface area contributed by atoms with E-state index < -0.39 is 0 Å². The molecule has 0 saturated carbocycles. The zero-order valence-electron chi connectivity index (χ0n) is 10.00. The van der Waals surface area contributed by atoms with E-state index in [9.17, 15) is 4.91 Å². The summed E-state index contributed by atoms with van der Waals surface area (Å²) in [7, 11) is 0. The second kappa shape index (κ2) is 4.49. The molecule has 0 aliphatic heterocycles. The Morgan fingerprint density at radius 1 is 1.21 bits per heavy atom. The molecule has 94 valence electrons. The van der Waals surface area contributed by atoms with Crippen molar-refractivity contribution in [2.75, 3.05) is 5.73 Å². The number of benzene rings is 1. The van der Waals surface area contributed by atoms with Crippen molar-refractivity contribution < 1.29 is 0 Å². The number of H-pyrrole nitrogens is 1. The van der Waals surface area contributed by atoms with E-state index >= 15 is 0 Å². The van der Waals surface area contributed by atoms with Crippen LogP contribution in [0.25, 0.3) is 22.2 Å². The number of hydrogen-bond donors (Lipinski definition) is 2. The summed E-state index contributed by atoms with van der Waals surface area (Å²) in [6.45, 7) is -0.0300. The van der Waals surface area contributed by atoms with Crippen molar-refractivity contribution >= 4 is 16.7 Å². The molecule has 1 aromatic carbocycles. The smallest absolute Gasteiger partial charge is 0.160 e. The Morgan fingerprint density at radius 3 is 2.84 bits per heavy atom. The normalized spacial score (nSPS) is 10.7. The Labute approximate surface area is 108 Å². The van der Waals surface area contributed by atoms with Crippen molar-refractivity contribution in [1.82, 2.24) is 15.2 Å². The predicted octanol–water partition coefficient (Wildman–Crippen LogP) is 2.47.